The number of hydrogen-bond donors (Lipinski definition) is 1. The third-order valence-electron chi connectivity index (χ3n) is 4.71. The number of ether oxygens (including phenoxy) is 1. The van der Waals surface area contributed by atoms with Gasteiger partial charge in [0.25, 0.3) is 10.0 Å². The van der Waals surface area contributed by atoms with E-state index in [-0.39, 0.29) is 4.90 Å². The number of hydrogen-bond acceptors (Lipinski definition) is 3. The van der Waals surface area contributed by atoms with Crippen molar-refractivity contribution in [2.75, 3.05) is 7.11 Å². The minimum absolute atomic E-state index is 0.238. The molecule has 0 unspecified atom stereocenters. The van der Waals surface area contributed by atoms with E-state index in [0.717, 1.165) is 39.1 Å². The molecule has 5 heteroatoms. The summed E-state index contributed by atoms with van der Waals surface area (Å²) in [6.45, 7) is 1.92. The van der Waals surface area contributed by atoms with E-state index in [1.807, 2.05) is 49.4 Å². The first-order valence-electron chi connectivity index (χ1n) is 8.57. The second-order valence-corrected chi connectivity index (χ2v) is 8.16. The molecule has 0 saturated carbocycles. The van der Waals surface area contributed by atoms with E-state index in [4.69, 9.17) is 4.74 Å². The molecule has 0 aromatic heterocycles. The highest BCUT2D eigenvalue weighted by molar-refractivity contribution is 7.89. The first-order chi connectivity index (χ1) is 13.0. The summed E-state index contributed by atoms with van der Waals surface area (Å²) in [6, 6.07) is 20.6. The number of fused-ring (bicyclic) bond motifs is 3. The summed E-state index contributed by atoms with van der Waals surface area (Å²) >= 11 is 0. The van der Waals surface area contributed by atoms with Gasteiger partial charge in [-0.1, -0.05) is 48.0 Å². The van der Waals surface area contributed by atoms with Crippen LogP contribution in [0.5, 0.6) is 5.75 Å². The van der Waals surface area contributed by atoms with Crippen LogP contribution in [0.4, 0.5) is 0 Å². The van der Waals surface area contributed by atoms with Gasteiger partial charge in [-0.15, -0.1) is 0 Å². The van der Waals surface area contributed by atoms with E-state index in [1.165, 1.54) is 0 Å². The minimum atomic E-state index is -3.64. The van der Waals surface area contributed by atoms with E-state index in [9.17, 15) is 8.42 Å². The maximum absolute atomic E-state index is 12.7. The molecule has 27 heavy (non-hydrogen) atoms. The molecule has 0 saturated heterocycles. The first kappa shape index (κ1) is 17.4. The van der Waals surface area contributed by atoms with Gasteiger partial charge in [-0.3, -0.25) is 4.72 Å². The fraction of sp³-hybridized carbons (Fsp3) is 0.0909. The topological polar surface area (TPSA) is 55.4 Å². The van der Waals surface area contributed by atoms with Gasteiger partial charge < -0.3 is 4.74 Å². The van der Waals surface area contributed by atoms with Gasteiger partial charge in [0, 0.05) is 11.8 Å². The van der Waals surface area contributed by atoms with E-state index in [1.54, 1.807) is 37.6 Å². The Labute approximate surface area is 159 Å². The Bertz CT molecular complexity index is 1150. The molecule has 3 aromatic carbocycles. The molecular formula is C22H19NO3S. The van der Waals surface area contributed by atoms with Crippen molar-refractivity contribution in [2.45, 2.75) is 11.8 Å². The monoisotopic (exact) mass is 377 g/mol. The van der Waals surface area contributed by atoms with Gasteiger partial charge in [-0.2, -0.15) is 0 Å². The Morgan fingerprint density at radius 2 is 1.52 bits per heavy atom. The number of benzene rings is 3. The van der Waals surface area contributed by atoms with Crippen LogP contribution in [0.1, 0.15) is 16.7 Å². The number of nitrogens with one attached hydrogen (secondary N) is 1. The van der Waals surface area contributed by atoms with Crippen LogP contribution >= 0.6 is 0 Å². The standard InChI is InChI=1S/C22H19NO3S/c1-15-7-10-17(11-8-15)27(24,25)23-14-22-19-6-4-3-5-18(19)20-12-9-16(26-2)13-21(20)22/h3-14,23H,1-2H3/b22-14+. The summed E-state index contributed by atoms with van der Waals surface area (Å²) < 4.78 is 33.3. The largest absolute Gasteiger partial charge is 0.497 e. The van der Waals surface area contributed by atoms with Crippen LogP contribution < -0.4 is 9.46 Å². The average molecular weight is 377 g/mol. The third-order valence-corrected chi connectivity index (χ3v) is 6.03. The molecular weight excluding hydrogens is 358 g/mol. The Morgan fingerprint density at radius 3 is 2.22 bits per heavy atom. The van der Waals surface area contributed by atoms with Crippen molar-refractivity contribution in [3.8, 4) is 16.9 Å². The van der Waals surface area contributed by atoms with Crippen molar-refractivity contribution in [1.82, 2.24) is 4.72 Å². The summed E-state index contributed by atoms with van der Waals surface area (Å²) in [6.07, 6.45) is 1.57. The smallest absolute Gasteiger partial charge is 0.261 e. The van der Waals surface area contributed by atoms with Crippen molar-refractivity contribution in [3.63, 3.8) is 0 Å². The predicted octanol–water partition coefficient (Wildman–Crippen LogP) is 4.35. The number of sulfonamides is 1. The molecule has 0 aliphatic heterocycles. The second kappa shape index (κ2) is 6.59. The van der Waals surface area contributed by atoms with Crippen molar-refractivity contribution >= 4 is 15.6 Å². The van der Waals surface area contributed by atoms with Gasteiger partial charge in [0.15, 0.2) is 0 Å². The highest BCUT2D eigenvalue weighted by atomic mass is 32.2. The second-order valence-electron chi connectivity index (χ2n) is 6.45. The van der Waals surface area contributed by atoms with Crippen molar-refractivity contribution in [2.24, 2.45) is 0 Å². The molecule has 0 amide bonds. The lowest BCUT2D eigenvalue weighted by atomic mass is 10.1. The van der Waals surface area contributed by atoms with Gasteiger partial charge in [-0.05, 0) is 53.4 Å². The zero-order valence-corrected chi connectivity index (χ0v) is 15.9. The van der Waals surface area contributed by atoms with Crippen molar-refractivity contribution in [1.29, 1.82) is 0 Å². The lowest BCUT2D eigenvalue weighted by Gasteiger charge is -2.08. The summed E-state index contributed by atoms with van der Waals surface area (Å²) in [5.74, 6) is 0.730. The molecule has 1 aliphatic carbocycles. The summed E-state index contributed by atoms with van der Waals surface area (Å²) in [5.41, 5.74) is 5.92. The molecule has 136 valence electrons. The minimum Gasteiger partial charge on any atom is -0.497 e. The van der Waals surface area contributed by atoms with Crippen LogP contribution in [0.25, 0.3) is 16.7 Å². The van der Waals surface area contributed by atoms with E-state index in [2.05, 4.69) is 4.72 Å². The van der Waals surface area contributed by atoms with Crippen LogP contribution in [0, 0.1) is 6.92 Å². The summed E-state index contributed by atoms with van der Waals surface area (Å²) in [5, 5.41) is 0. The van der Waals surface area contributed by atoms with Crippen LogP contribution in [0.2, 0.25) is 0 Å². The maximum atomic E-state index is 12.7. The van der Waals surface area contributed by atoms with Gasteiger partial charge in [0.1, 0.15) is 5.75 Å². The Kier molecular flexibility index (Phi) is 4.24. The molecule has 0 heterocycles. The first-order valence-corrected chi connectivity index (χ1v) is 10.1. The van der Waals surface area contributed by atoms with Crippen LogP contribution in [0.15, 0.2) is 77.8 Å². The Hall–Kier alpha value is -3.05. The van der Waals surface area contributed by atoms with Crippen LogP contribution in [-0.2, 0) is 10.0 Å². The van der Waals surface area contributed by atoms with E-state index >= 15 is 0 Å². The molecule has 0 radical (unpaired) electrons. The molecule has 0 spiro atoms. The molecule has 4 rings (SSSR count). The van der Waals surface area contributed by atoms with Gasteiger partial charge in [-0.25, -0.2) is 8.42 Å². The maximum Gasteiger partial charge on any atom is 0.261 e. The third kappa shape index (κ3) is 3.11. The zero-order chi connectivity index (χ0) is 19.0. The molecule has 1 N–H and O–H groups in total. The summed E-state index contributed by atoms with van der Waals surface area (Å²) in [7, 11) is -2.02. The van der Waals surface area contributed by atoms with Crippen LogP contribution in [-0.4, -0.2) is 15.5 Å². The van der Waals surface area contributed by atoms with Crippen LogP contribution in [0.3, 0.4) is 0 Å². The average Bonchev–Trinajstić information content (AvgIpc) is 2.99. The highest BCUT2D eigenvalue weighted by Crippen LogP contribution is 2.45. The van der Waals surface area contributed by atoms with Crippen molar-refractivity contribution in [3.05, 3.63) is 89.6 Å². The summed E-state index contributed by atoms with van der Waals surface area (Å²) in [4.78, 5) is 0.238. The molecule has 3 aromatic rings. The molecule has 0 atom stereocenters. The molecule has 0 fully saturated rings. The van der Waals surface area contributed by atoms with Gasteiger partial charge >= 0.3 is 0 Å². The zero-order valence-electron chi connectivity index (χ0n) is 15.1. The molecule has 0 bridgehead atoms. The number of aryl methyl sites for hydroxylation is 1. The van der Waals surface area contributed by atoms with E-state index in [0.29, 0.717) is 0 Å². The van der Waals surface area contributed by atoms with E-state index < -0.39 is 10.0 Å². The van der Waals surface area contributed by atoms with Crippen molar-refractivity contribution < 1.29 is 13.2 Å². The Morgan fingerprint density at radius 1 is 0.852 bits per heavy atom. The fourth-order valence-corrected chi connectivity index (χ4v) is 4.19. The lowest BCUT2D eigenvalue weighted by molar-refractivity contribution is 0.415. The lowest BCUT2D eigenvalue weighted by Crippen LogP contribution is -2.18. The number of rotatable bonds is 4. The normalized spacial score (nSPS) is 13.9. The predicted molar refractivity (Wildman–Crippen MR) is 107 cm³/mol. The quantitative estimate of drug-likeness (QED) is 0.575. The molecule has 1 aliphatic rings. The SMILES string of the molecule is COc1ccc2c(c1)/C(=C/NS(=O)(=O)c1ccc(C)cc1)c1ccccc1-2. The fourth-order valence-electron chi connectivity index (χ4n) is 3.28. The Balaban J connectivity index is 1.78. The highest BCUT2D eigenvalue weighted by Gasteiger charge is 2.24. The molecule has 4 nitrogen and oxygen atoms in total. The van der Waals surface area contributed by atoms with Gasteiger partial charge in [0.2, 0.25) is 0 Å². The van der Waals surface area contributed by atoms with Gasteiger partial charge in [0.05, 0.1) is 12.0 Å². The number of methoxy groups -OCH3 is 1.